The van der Waals surface area contributed by atoms with Crippen LogP contribution in [0.2, 0.25) is 0 Å². The van der Waals surface area contributed by atoms with Crippen LogP contribution in [-0.2, 0) is 0 Å². The van der Waals surface area contributed by atoms with E-state index in [2.05, 4.69) is 20.3 Å². The SMILES string of the molecule is O=c1ccnc(C2=NC(O)(O)C=C(O)N2)[nH]1. The number of aliphatic hydroxyl groups is 3. The highest BCUT2D eigenvalue weighted by Crippen LogP contribution is 2.11. The van der Waals surface area contributed by atoms with Crippen LogP contribution >= 0.6 is 0 Å². The van der Waals surface area contributed by atoms with Gasteiger partial charge in [-0.15, -0.1) is 0 Å². The molecule has 0 fully saturated rings. The third-order valence-electron chi connectivity index (χ3n) is 1.75. The van der Waals surface area contributed by atoms with E-state index < -0.39 is 17.4 Å². The molecule has 0 amide bonds. The lowest BCUT2D eigenvalue weighted by atomic mass is 10.3. The molecule has 2 rings (SSSR count). The van der Waals surface area contributed by atoms with Crippen molar-refractivity contribution < 1.29 is 15.3 Å². The molecule has 0 saturated heterocycles. The van der Waals surface area contributed by atoms with Gasteiger partial charge < -0.3 is 25.6 Å². The zero-order valence-corrected chi connectivity index (χ0v) is 7.88. The Morgan fingerprint density at radius 2 is 2.12 bits per heavy atom. The number of hydrogen-bond acceptors (Lipinski definition) is 7. The summed E-state index contributed by atoms with van der Waals surface area (Å²) in [6, 6.07) is 1.19. The molecule has 0 saturated carbocycles. The lowest BCUT2D eigenvalue weighted by Gasteiger charge is -2.20. The molecule has 0 atom stereocenters. The molecule has 0 aromatic carbocycles. The minimum Gasteiger partial charge on any atom is -0.495 e. The van der Waals surface area contributed by atoms with E-state index in [9.17, 15) is 20.1 Å². The van der Waals surface area contributed by atoms with Gasteiger partial charge in [-0.3, -0.25) is 4.79 Å². The highest BCUT2D eigenvalue weighted by molar-refractivity contribution is 5.97. The zero-order chi connectivity index (χ0) is 11.8. The average molecular weight is 224 g/mol. The first kappa shape index (κ1) is 10.3. The maximum atomic E-state index is 11.0. The van der Waals surface area contributed by atoms with Gasteiger partial charge in [0.25, 0.3) is 11.5 Å². The Morgan fingerprint density at radius 1 is 1.38 bits per heavy atom. The summed E-state index contributed by atoms with van der Waals surface area (Å²) in [5, 5.41) is 29.9. The van der Waals surface area contributed by atoms with Crippen molar-refractivity contribution in [2.45, 2.75) is 5.91 Å². The van der Waals surface area contributed by atoms with E-state index in [1.54, 1.807) is 0 Å². The minimum atomic E-state index is -2.53. The Hall–Kier alpha value is -2.19. The van der Waals surface area contributed by atoms with Gasteiger partial charge in [-0.2, -0.15) is 4.99 Å². The molecule has 8 heteroatoms. The summed E-state index contributed by atoms with van der Waals surface area (Å²) in [6.45, 7) is 0. The van der Waals surface area contributed by atoms with Crippen LogP contribution in [0.4, 0.5) is 0 Å². The highest BCUT2D eigenvalue weighted by atomic mass is 16.5. The summed E-state index contributed by atoms with van der Waals surface area (Å²) in [5.74, 6) is -3.19. The highest BCUT2D eigenvalue weighted by Gasteiger charge is 2.27. The van der Waals surface area contributed by atoms with Crippen LogP contribution < -0.4 is 10.9 Å². The van der Waals surface area contributed by atoms with Crippen LogP contribution in [0, 0.1) is 0 Å². The van der Waals surface area contributed by atoms with Crippen molar-refractivity contribution in [2.75, 3.05) is 0 Å². The number of aliphatic imine (C=N–C) groups is 1. The molecule has 0 bridgehead atoms. The van der Waals surface area contributed by atoms with E-state index in [4.69, 9.17) is 0 Å². The molecule has 5 N–H and O–H groups in total. The monoisotopic (exact) mass is 224 g/mol. The molecule has 0 radical (unpaired) electrons. The second-order valence-electron chi connectivity index (χ2n) is 3.08. The molecule has 0 unspecified atom stereocenters. The van der Waals surface area contributed by atoms with E-state index in [0.717, 1.165) is 0 Å². The van der Waals surface area contributed by atoms with Crippen LogP contribution in [0.15, 0.2) is 34.0 Å². The summed E-state index contributed by atoms with van der Waals surface area (Å²) >= 11 is 0. The Labute approximate surface area is 88.6 Å². The molecule has 2 heterocycles. The Bertz CT molecular complexity index is 531. The van der Waals surface area contributed by atoms with Crippen LogP contribution in [-0.4, -0.2) is 37.0 Å². The van der Waals surface area contributed by atoms with E-state index in [1.165, 1.54) is 12.3 Å². The van der Waals surface area contributed by atoms with Gasteiger partial charge in [0.05, 0.1) is 6.08 Å². The third kappa shape index (κ3) is 2.07. The molecule has 16 heavy (non-hydrogen) atoms. The van der Waals surface area contributed by atoms with Crippen molar-refractivity contribution in [2.24, 2.45) is 4.99 Å². The number of aromatic nitrogens is 2. The summed E-state index contributed by atoms with van der Waals surface area (Å²) < 4.78 is 0. The molecule has 8 nitrogen and oxygen atoms in total. The molecule has 1 aromatic heterocycles. The Morgan fingerprint density at radius 3 is 2.75 bits per heavy atom. The molecule has 1 aromatic rings. The molecule has 0 aliphatic carbocycles. The number of aliphatic hydroxyl groups excluding tert-OH is 1. The number of aromatic amines is 1. The normalized spacial score (nSPS) is 18.4. The quantitative estimate of drug-likeness (QED) is 0.356. The molecular weight excluding hydrogens is 216 g/mol. The van der Waals surface area contributed by atoms with Crippen LogP contribution in [0.3, 0.4) is 0 Å². The topological polar surface area (TPSA) is 131 Å². The van der Waals surface area contributed by atoms with Gasteiger partial charge in [-0.05, 0) is 0 Å². The number of H-pyrrole nitrogens is 1. The molecular formula is C8H8N4O4. The summed E-state index contributed by atoms with van der Waals surface area (Å²) in [7, 11) is 0. The molecule has 1 aliphatic rings. The van der Waals surface area contributed by atoms with Gasteiger partial charge in [-0.1, -0.05) is 0 Å². The van der Waals surface area contributed by atoms with Crippen molar-refractivity contribution in [3.05, 3.63) is 40.4 Å². The van der Waals surface area contributed by atoms with Crippen molar-refractivity contribution in [1.82, 2.24) is 15.3 Å². The minimum absolute atomic E-state index is 0.0142. The van der Waals surface area contributed by atoms with Gasteiger partial charge in [0.1, 0.15) is 0 Å². The van der Waals surface area contributed by atoms with E-state index in [0.29, 0.717) is 6.08 Å². The summed E-state index contributed by atoms with van der Waals surface area (Å²) in [4.78, 5) is 20.5. The van der Waals surface area contributed by atoms with Gasteiger partial charge in [0.2, 0.25) is 0 Å². The van der Waals surface area contributed by atoms with Crippen LogP contribution in [0.1, 0.15) is 5.82 Å². The van der Waals surface area contributed by atoms with E-state index in [1.807, 2.05) is 0 Å². The Balaban J connectivity index is 2.43. The van der Waals surface area contributed by atoms with Crippen molar-refractivity contribution in [3.8, 4) is 0 Å². The van der Waals surface area contributed by atoms with Crippen molar-refractivity contribution >= 4 is 5.84 Å². The molecule has 0 spiro atoms. The average Bonchev–Trinajstić information content (AvgIpc) is 2.14. The molecule has 84 valence electrons. The zero-order valence-electron chi connectivity index (χ0n) is 7.88. The third-order valence-corrected chi connectivity index (χ3v) is 1.75. The largest absolute Gasteiger partial charge is 0.495 e. The first-order valence-corrected chi connectivity index (χ1v) is 4.25. The lowest BCUT2D eigenvalue weighted by molar-refractivity contribution is -0.113. The van der Waals surface area contributed by atoms with Crippen LogP contribution in [0.5, 0.6) is 0 Å². The van der Waals surface area contributed by atoms with Gasteiger partial charge >= 0.3 is 0 Å². The van der Waals surface area contributed by atoms with Gasteiger partial charge in [0.15, 0.2) is 17.5 Å². The lowest BCUT2D eigenvalue weighted by Crippen LogP contribution is -2.38. The molecule has 1 aliphatic heterocycles. The predicted molar refractivity (Wildman–Crippen MR) is 52.4 cm³/mol. The standard InChI is InChI=1S/C8H8N4O4/c13-4-1-2-9-6(10-4)7-11-5(14)3-8(15,16)12-7/h1-3,14-16H,(H,11,12)(H,9,10,13). The fourth-order valence-electron chi connectivity index (χ4n) is 1.17. The number of nitrogens with one attached hydrogen (secondary N) is 2. The van der Waals surface area contributed by atoms with Gasteiger partial charge in [0, 0.05) is 12.3 Å². The second-order valence-corrected chi connectivity index (χ2v) is 3.08. The number of nitrogens with zero attached hydrogens (tertiary/aromatic N) is 2. The fourth-order valence-corrected chi connectivity index (χ4v) is 1.17. The van der Waals surface area contributed by atoms with E-state index in [-0.39, 0.29) is 11.7 Å². The number of rotatable bonds is 1. The maximum Gasteiger partial charge on any atom is 0.293 e. The first-order valence-electron chi connectivity index (χ1n) is 4.25. The van der Waals surface area contributed by atoms with E-state index >= 15 is 0 Å². The maximum absolute atomic E-state index is 11.0. The van der Waals surface area contributed by atoms with Crippen molar-refractivity contribution in [1.29, 1.82) is 0 Å². The summed E-state index contributed by atoms with van der Waals surface area (Å²) in [6.07, 6.45) is 1.92. The number of amidine groups is 1. The summed E-state index contributed by atoms with van der Waals surface area (Å²) in [5.41, 5.74) is -0.426. The number of hydrogen-bond donors (Lipinski definition) is 5. The predicted octanol–water partition coefficient (Wildman–Crippen LogP) is -1.84. The van der Waals surface area contributed by atoms with Crippen LogP contribution in [0.25, 0.3) is 0 Å². The fraction of sp³-hybridized carbons (Fsp3) is 0.125. The Kier molecular flexibility index (Phi) is 2.22. The second kappa shape index (κ2) is 3.43. The van der Waals surface area contributed by atoms with Gasteiger partial charge in [-0.25, -0.2) is 4.98 Å². The smallest absolute Gasteiger partial charge is 0.293 e. The first-order chi connectivity index (χ1) is 7.46. The van der Waals surface area contributed by atoms with Crippen molar-refractivity contribution in [3.63, 3.8) is 0 Å².